The van der Waals surface area contributed by atoms with Crippen molar-refractivity contribution in [1.82, 2.24) is 4.98 Å². The third-order valence-corrected chi connectivity index (χ3v) is 4.63. The summed E-state index contributed by atoms with van der Waals surface area (Å²) in [4.78, 5) is 6.08. The molecule has 3 heteroatoms. The maximum atomic E-state index is 6.35. The zero-order valence-electron chi connectivity index (χ0n) is 13.2. The molecule has 0 bridgehead atoms. The number of benzene rings is 1. The summed E-state index contributed by atoms with van der Waals surface area (Å²) in [7, 11) is 0. The topological polar surface area (TPSA) is 38.9 Å². The Hall–Kier alpha value is -1.19. The van der Waals surface area contributed by atoms with Crippen LogP contribution >= 0.6 is 11.3 Å². The summed E-state index contributed by atoms with van der Waals surface area (Å²) in [5.74, 6) is 0. The van der Waals surface area contributed by atoms with Crippen molar-refractivity contribution in [3.8, 4) is 10.6 Å². The minimum Gasteiger partial charge on any atom is -0.321 e. The summed E-state index contributed by atoms with van der Waals surface area (Å²) >= 11 is 1.72. The molecular formula is C17H24N2S. The van der Waals surface area contributed by atoms with Crippen LogP contribution in [0.15, 0.2) is 24.3 Å². The Kier molecular flexibility index (Phi) is 3.78. The SMILES string of the molecule is Cc1cccc(-c2nc(C(C)(C)C)c(C(C)(C)N)s2)c1. The highest BCUT2D eigenvalue weighted by Gasteiger charge is 2.30. The Bertz CT molecular complexity index is 581. The molecule has 1 aromatic heterocycles. The molecule has 108 valence electrons. The summed E-state index contributed by atoms with van der Waals surface area (Å²) in [6, 6.07) is 8.48. The lowest BCUT2D eigenvalue weighted by Gasteiger charge is -2.24. The molecule has 0 saturated carbocycles. The second-order valence-electron chi connectivity index (χ2n) is 7.04. The number of nitrogens with zero attached hydrogens (tertiary/aromatic N) is 1. The largest absolute Gasteiger partial charge is 0.321 e. The molecule has 20 heavy (non-hydrogen) atoms. The Labute approximate surface area is 126 Å². The standard InChI is InChI=1S/C17H24N2S/c1-11-8-7-9-12(10-11)15-19-13(16(2,3)4)14(20-15)17(5,6)18/h7-10H,18H2,1-6H3. The fourth-order valence-electron chi connectivity index (χ4n) is 2.17. The quantitative estimate of drug-likeness (QED) is 0.876. The van der Waals surface area contributed by atoms with E-state index < -0.39 is 0 Å². The normalized spacial score (nSPS) is 12.8. The van der Waals surface area contributed by atoms with Crippen molar-refractivity contribution in [2.75, 3.05) is 0 Å². The second-order valence-corrected chi connectivity index (χ2v) is 8.04. The average molecular weight is 288 g/mol. The highest BCUT2D eigenvalue weighted by molar-refractivity contribution is 7.15. The van der Waals surface area contributed by atoms with E-state index in [1.54, 1.807) is 11.3 Å². The number of rotatable bonds is 2. The number of aryl methyl sites for hydroxylation is 1. The monoisotopic (exact) mass is 288 g/mol. The summed E-state index contributed by atoms with van der Waals surface area (Å²) in [5, 5.41) is 1.06. The maximum absolute atomic E-state index is 6.35. The molecule has 2 aromatic rings. The fourth-order valence-corrected chi connectivity index (χ4v) is 3.45. The van der Waals surface area contributed by atoms with Crippen molar-refractivity contribution in [1.29, 1.82) is 0 Å². The van der Waals surface area contributed by atoms with Crippen LogP contribution in [0.3, 0.4) is 0 Å². The Balaban J connectivity index is 2.61. The molecule has 1 heterocycles. The second kappa shape index (κ2) is 4.97. The smallest absolute Gasteiger partial charge is 0.123 e. The van der Waals surface area contributed by atoms with Crippen molar-refractivity contribution in [3.05, 3.63) is 40.4 Å². The first kappa shape index (κ1) is 15.2. The third kappa shape index (κ3) is 3.10. The summed E-state index contributed by atoms with van der Waals surface area (Å²) in [6.45, 7) is 12.8. The van der Waals surface area contributed by atoms with Crippen LogP contribution in [0.2, 0.25) is 0 Å². The maximum Gasteiger partial charge on any atom is 0.123 e. The molecule has 0 aliphatic heterocycles. The van der Waals surface area contributed by atoms with Gasteiger partial charge in [0, 0.05) is 21.4 Å². The predicted octanol–water partition coefficient (Wildman–Crippen LogP) is 4.61. The van der Waals surface area contributed by atoms with E-state index in [1.807, 2.05) is 0 Å². The van der Waals surface area contributed by atoms with E-state index in [1.165, 1.54) is 16.0 Å². The van der Waals surface area contributed by atoms with Gasteiger partial charge in [0.2, 0.25) is 0 Å². The van der Waals surface area contributed by atoms with Crippen LogP contribution in [0, 0.1) is 6.92 Å². The summed E-state index contributed by atoms with van der Waals surface area (Å²) in [5.41, 5.74) is 9.54. The molecule has 2 nitrogen and oxygen atoms in total. The van der Waals surface area contributed by atoms with Gasteiger partial charge in [-0.25, -0.2) is 4.98 Å². The molecule has 0 amide bonds. The molecule has 2 rings (SSSR count). The van der Waals surface area contributed by atoms with Gasteiger partial charge < -0.3 is 5.73 Å². The van der Waals surface area contributed by atoms with Gasteiger partial charge in [-0.1, -0.05) is 44.5 Å². The predicted molar refractivity (Wildman–Crippen MR) is 88.2 cm³/mol. The fraction of sp³-hybridized carbons (Fsp3) is 0.471. The minimum absolute atomic E-state index is 0.00451. The molecule has 0 aliphatic carbocycles. The average Bonchev–Trinajstić information content (AvgIpc) is 2.72. The molecule has 0 radical (unpaired) electrons. The van der Waals surface area contributed by atoms with Crippen LogP contribution in [-0.4, -0.2) is 4.98 Å². The molecule has 0 saturated heterocycles. The molecule has 1 aromatic carbocycles. The molecular weight excluding hydrogens is 264 g/mol. The number of aromatic nitrogens is 1. The van der Waals surface area contributed by atoms with Gasteiger partial charge in [-0.2, -0.15) is 0 Å². The van der Waals surface area contributed by atoms with Gasteiger partial charge in [0.05, 0.1) is 5.69 Å². The molecule has 0 atom stereocenters. The zero-order chi connectivity index (χ0) is 15.1. The van der Waals surface area contributed by atoms with E-state index in [2.05, 4.69) is 65.8 Å². The first-order chi connectivity index (χ1) is 9.09. The van der Waals surface area contributed by atoms with Gasteiger partial charge in [-0.15, -0.1) is 11.3 Å². The lowest BCUT2D eigenvalue weighted by atomic mass is 9.87. The van der Waals surface area contributed by atoms with E-state index in [9.17, 15) is 0 Å². The van der Waals surface area contributed by atoms with E-state index in [0.29, 0.717) is 0 Å². The van der Waals surface area contributed by atoms with Crippen LogP contribution in [0.5, 0.6) is 0 Å². The summed E-state index contributed by atoms with van der Waals surface area (Å²) in [6.07, 6.45) is 0. The lowest BCUT2D eigenvalue weighted by Crippen LogP contribution is -2.31. The van der Waals surface area contributed by atoms with E-state index in [4.69, 9.17) is 10.7 Å². The summed E-state index contributed by atoms with van der Waals surface area (Å²) < 4.78 is 0. The van der Waals surface area contributed by atoms with E-state index in [-0.39, 0.29) is 11.0 Å². The number of hydrogen-bond donors (Lipinski definition) is 1. The molecule has 2 N–H and O–H groups in total. The van der Waals surface area contributed by atoms with Gasteiger partial charge in [0.15, 0.2) is 0 Å². The molecule has 0 spiro atoms. The molecule has 0 fully saturated rings. The van der Waals surface area contributed by atoms with Crippen LogP contribution in [0.1, 0.15) is 50.8 Å². The first-order valence-electron chi connectivity index (χ1n) is 6.97. The number of hydrogen-bond acceptors (Lipinski definition) is 3. The Morgan fingerprint density at radius 2 is 1.75 bits per heavy atom. The van der Waals surface area contributed by atoms with Crippen LogP contribution in [-0.2, 0) is 11.0 Å². The number of nitrogens with two attached hydrogens (primary N) is 1. The van der Waals surface area contributed by atoms with Crippen LogP contribution in [0.25, 0.3) is 10.6 Å². The van der Waals surface area contributed by atoms with Crippen molar-refractivity contribution in [2.45, 2.75) is 52.5 Å². The zero-order valence-corrected chi connectivity index (χ0v) is 14.1. The number of thiazole rings is 1. The van der Waals surface area contributed by atoms with E-state index >= 15 is 0 Å². The van der Waals surface area contributed by atoms with Gasteiger partial charge in [-0.3, -0.25) is 0 Å². The van der Waals surface area contributed by atoms with Crippen molar-refractivity contribution in [3.63, 3.8) is 0 Å². The van der Waals surface area contributed by atoms with Crippen molar-refractivity contribution in [2.24, 2.45) is 5.73 Å². The lowest BCUT2D eigenvalue weighted by molar-refractivity contribution is 0.512. The molecule has 0 aliphatic rings. The molecule has 0 unspecified atom stereocenters. The van der Waals surface area contributed by atoms with Gasteiger partial charge >= 0.3 is 0 Å². The van der Waals surface area contributed by atoms with E-state index in [0.717, 1.165) is 10.7 Å². The van der Waals surface area contributed by atoms with Crippen LogP contribution in [0.4, 0.5) is 0 Å². The highest BCUT2D eigenvalue weighted by atomic mass is 32.1. The van der Waals surface area contributed by atoms with Gasteiger partial charge in [-0.05, 0) is 26.8 Å². The van der Waals surface area contributed by atoms with Crippen molar-refractivity contribution >= 4 is 11.3 Å². The van der Waals surface area contributed by atoms with Gasteiger partial charge in [0.25, 0.3) is 0 Å². The highest BCUT2D eigenvalue weighted by Crippen LogP contribution is 2.39. The van der Waals surface area contributed by atoms with Crippen molar-refractivity contribution < 1.29 is 0 Å². The Morgan fingerprint density at radius 3 is 2.20 bits per heavy atom. The van der Waals surface area contributed by atoms with Gasteiger partial charge in [0.1, 0.15) is 5.01 Å². The van der Waals surface area contributed by atoms with Crippen LogP contribution < -0.4 is 5.73 Å². The first-order valence-corrected chi connectivity index (χ1v) is 7.78. The third-order valence-electron chi connectivity index (χ3n) is 3.19. The minimum atomic E-state index is -0.359. The Morgan fingerprint density at radius 1 is 1.10 bits per heavy atom.